The molecule has 0 radical (unpaired) electrons. The average molecular weight is 542 g/mol. The normalized spacial score (nSPS) is 18.5. The Morgan fingerprint density at radius 3 is 2.45 bits per heavy atom. The maximum atomic E-state index is 13.5. The second kappa shape index (κ2) is 13.0. The first-order valence-electron chi connectivity index (χ1n) is 14.3. The van der Waals surface area contributed by atoms with Gasteiger partial charge in [-0.2, -0.15) is 0 Å². The molecule has 1 fully saturated rings. The smallest absolute Gasteiger partial charge is 0.255 e. The summed E-state index contributed by atoms with van der Waals surface area (Å²) in [5, 5.41) is 6.16. The first-order valence-corrected chi connectivity index (χ1v) is 14.3. The average Bonchev–Trinajstić information content (AvgIpc) is 2.99. The van der Waals surface area contributed by atoms with Gasteiger partial charge in [0, 0.05) is 18.7 Å². The van der Waals surface area contributed by atoms with Gasteiger partial charge < -0.3 is 20.1 Å². The van der Waals surface area contributed by atoms with Crippen molar-refractivity contribution in [1.82, 2.24) is 15.5 Å². The number of nitrogens with one attached hydrogen (secondary N) is 2. The molecule has 3 aromatic carbocycles. The van der Waals surface area contributed by atoms with Crippen LogP contribution in [-0.4, -0.2) is 56.6 Å². The molecule has 0 atom stereocenters. The lowest BCUT2D eigenvalue weighted by Crippen LogP contribution is -2.49. The molecule has 2 aliphatic rings. The Labute approximate surface area is 236 Å². The van der Waals surface area contributed by atoms with Crippen LogP contribution in [0.3, 0.4) is 0 Å². The van der Waals surface area contributed by atoms with Crippen LogP contribution in [-0.2, 0) is 11.3 Å². The number of hydrogen-bond donors (Lipinski definition) is 2. The van der Waals surface area contributed by atoms with E-state index in [2.05, 4.69) is 45.9 Å². The molecule has 2 heterocycles. The summed E-state index contributed by atoms with van der Waals surface area (Å²) in [5.41, 5.74) is 3.63. The van der Waals surface area contributed by atoms with Crippen LogP contribution in [0, 0.1) is 5.41 Å². The quantitative estimate of drug-likeness (QED) is 0.483. The van der Waals surface area contributed by atoms with E-state index >= 15 is 0 Å². The molecule has 210 valence electrons. The number of rotatable bonds is 4. The number of methoxy groups -OCH3 is 1. The number of hydrogen-bond acceptors (Lipinski definition) is 5. The maximum Gasteiger partial charge on any atom is 0.255 e. The van der Waals surface area contributed by atoms with Crippen molar-refractivity contribution in [3.05, 3.63) is 83.9 Å². The lowest BCUT2D eigenvalue weighted by Gasteiger charge is -2.41. The minimum atomic E-state index is -0.387. The number of nitrogens with zero attached hydrogens (tertiary/aromatic N) is 1. The number of ether oxygens (including phenoxy) is 2. The largest absolute Gasteiger partial charge is 0.496 e. The molecule has 5 rings (SSSR count). The van der Waals surface area contributed by atoms with Crippen molar-refractivity contribution in [2.24, 2.45) is 5.41 Å². The SMILES string of the molecule is COc1ccccc1-c1cccc(CN2CCC3(CCCCNC(=O)c4ccccc4OCCNC3=O)CC2)c1. The Bertz CT molecular complexity index is 1320. The molecule has 7 nitrogen and oxygen atoms in total. The predicted molar refractivity (Wildman–Crippen MR) is 157 cm³/mol. The zero-order valence-electron chi connectivity index (χ0n) is 23.3. The zero-order chi connectivity index (χ0) is 27.8. The molecular weight excluding hydrogens is 502 g/mol. The highest BCUT2D eigenvalue weighted by Crippen LogP contribution is 2.38. The zero-order valence-corrected chi connectivity index (χ0v) is 23.3. The van der Waals surface area contributed by atoms with Crippen molar-refractivity contribution >= 4 is 11.8 Å². The van der Waals surface area contributed by atoms with Crippen LogP contribution in [0.25, 0.3) is 11.1 Å². The third-order valence-electron chi connectivity index (χ3n) is 8.19. The standard InChI is InChI=1S/C33H39N3O4/c1-39-29-13-4-2-11-27(29)26-10-8-9-25(23-26)24-36-20-16-33(17-21-36)15-6-7-18-34-31(37)28-12-3-5-14-30(28)40-22-19-35-32(33)38/h2-5,8-14,23H,6-7,15-22,24H2,1H3,(H,34,37)(H,35,38). The Kier molecular flexibility index (Phi) is 9.01. The number of carbonyl (C=O) groups is 2. The molecule has 1 spiro atoms. The molecule has 0 unspecified atom stereocenters. The Balaban J connectivity index is 1.22. The summed E-state index contributed by atoms with van der Waals surface area (Å²) in [7, 11) is 1.70. The van der Waals surface area contributed by atoms with Crippen molar-refractivity contribution < 1.29 is 19.1 Å². The van der Waals surface area contributed by atoms with Crippen molar-refractivity contribution in [2.45, 2.75) is 38.6 Å². The van der Waals surface area contributed by atoms with E-state index in [1.807, 2.05) is 30.3 Å². The number of fused-ring (bicyclic) bond motifs is 1. The number of para-hydroxylation sites is 2. The summed E-state index contributed by atoms with van der Waals surface area (Å²) in [6.45, 7) is 3.90. The maximum absolute atomic E-state index is 13.5. The van der Waals surface area contributed by atoms with Crippen LogP contribution in [0.1, 0.15) is 48.0 Å². The van der Waals surface area contributed by atoms with Gasteiger partial charge in [0.2, 0.25) is 5.91 Å². The summed E-state index contributed by atoms with van der Waals surface area (Å²) in [6.07, 6.45) is 4.20. The summed E-state index contributed by atoms with van der Waals surface area (Å²) in [4.78, 5) is 28.6. The number of likely N-dealkylation sites (tertiary alicyclic amines) is 1. The van der Waals surface area contributed by atoms with Crippen LogP contribution in [0.5, 0.6) is 11.5 Å². The van der Waals surface area contributed by atoms with Gasteiger partial charge in [-0.25, -0.2) is 0 Å². The fourth-order valence-electron chi connectivity index (χ4n) is 5.89. The van der Waals surface area contributed by atoms with E-state index in [1.54, 1.807) is 19.2 Å². The molecule has 2 aliphatic heterocycles. The van der Waals surface area contributed by atoms with E-state index in [4.69, 9.17) is 9.47 Å². The van der Waals surface area contributed by atoms with Crippen molar-refractivity contribution in [3.63, 3.8) is 0 Å². The third kappa shape index (κ3) is 6.48. The Morgan fingerprint density at radius 1 is 0.850 bits per heavy atom. The fraction of sp³-hybridized carbons (Fsp3) is 0.394. The second-order valence-electron chi connectivity index (χ2n) is 10.8. The monoisotopic (exact) mass is 541 g/mol. The lowest BCUT2D eigenvalue weighted by atomic mass is 9.73. The molecule has 7 heteroatoms. The first kappa shape index (κ1) is 27.7. The lowest BCUT2D eigenvalue weighted by molar-refractivity contribution is -0.134. The van der Waals surface area contributed by atoms with Crippen LogP contribution in [0.4, 0.5) is 0 Å². The van der Waals surface area contributed by atoms with E-state index in [-0.39, 0.29) is 17.2 Å². The molecule has 0 saturated carbocycles. The van der Waals surface area contributed by atoms with Crippen LogP contribution in [0.15, 0.2) is 72.8 Å². The summed E-state index contributed by atoms with van der Waals surface area (Å²) in [6, 6.07) is 24.0. The molecular formula is C33H39N3O4. The second-order valence-corrected chi connectivity index (χ2v) is 10.8. The van der Waals surface area contributed by atoms with Gasteiger partial charge in [0.1, 0.15) is 18.1 Å². The molecule has 2 amide bonds. The third-order valence-corrected chi connectivity index (χ3v) is 8.19. The summed E-state index contributed by atoms with van der Waals surface area (Å²) >= 11 is 0. The van der Waals surface area contributed by atoms with Gasteiger partial charge in [0.05, 0.1) is 24.6 Å². The highest BCUT2D eigenvalue weighted by Gasteiger charge is 2.40. The summed E-state index contributed by atoms with van der Waals surface area (Å²) < 4.78 is 11.4. The van der Waals surface area contributed by atoms with Crippen molar-refractivity contribution in [3.8, 4) is 22.6 Å². The van der Waals surface area contributed by atoms with Gasteiger partial charge in [-0.15, -0.1) is 0 Å². The molecule has 1 saturated heterocycles. The van der Waals surface area contributed by atoms with Gasteiger partial charge in [-0.1, -0.05) is 55.0 Å². The van der Waals surface area contributed by atoms with Gasteiger partial charge in [-0.3, -0.25) is 14.5 Å². The van der Waals surface area contributed by atoms with Gasteiger partial charge in [0.25, 0.3) is 5.91 Å². The molecule has 0 aliphatic carbocycles. The number of benzene rings is 3. The molecule has 3 aromatic rings. The predicted octanol–water partition coefficient (Wildman–Crippen LogP) is 5.05. The Hall–Kier alpha value is -3.84. The van der Waals surface area contributed by atoms with E-state index in [9.17, 15) is 9.59 Å². The number of amides is 2. The number of carbonyl (C=O) groups excluding carboxylic acids is 2. The van der Waals surface area contributed by atoms with Crippen LogP contribution in [0.2, 0.25) is 0 Å². The summed E-state index contributed by atoms with van der Waals surface area (Å²) in [5.74, 6) is 1.43. The minimum Gasteiger partial charge on any atom is -0.496 e. The fourth-order valence-corrected chi connectivity index (χ4v) is 5.89. The van der Waals surface area contributed by atoms with Crippen LogP contribution < -0.4 is 20.1 Å². The van der Waals surface area contributed by atoms with Crippen molar-refractivity contribution in [2.75, 3.05) is 39.9 Å². The van der Waals surface area contributed by atoms with Gasteiger partial charge in [-0.05, 0) is 74.2 Å². The molecule has 0 aromatic heterocycles. The highest BCUT2D eigenvalue weighted by molar-refractivity contribution is 5.96. The van der Waals surface area contributed by atoms with E-state index in [1.165, 1.54) is 5.56 Å². The number of piperidine rings is 1. The van der Waals surface area contributed by atoms with E-state index < -0.39 is 0 Å². The molecule has 2 N–H and O–H groups in total. The highest BCUT2D eigenvalue weighted by atomic mass is 16.5. The van der Waals surface area contributed by atoms with Gasteiger partial charge in [0.15, 0.2) is 0 Å². The van der Waals surface area contributed by atoms with Gasteiger partial charge >= 0.3 is 0 Å². The van der Waals surface area contributed by atoms with E-state index in [0.29, 0.717) is 31.0 Å². The molecule has 0 bridgehead atoms. The Morgan fingerprint density at radius 2 is 1.62 bits per heavy atom. The topological polar surface area (TPSA) is 79.9 Å². The van der Waals surface area contributed by atoms with E-state index in [0.717, 1.165) is 68.6 Å². The van der Waals surface area contributed by atoms with Crippen LogP contribution >= 0.6 is 0 Å². The van der Waals surface area contributed by atoms with Crippen molar-refractivity contribution in [1.29, 1.82) is 0 Å². The minimum absolute atomic E-state index is 0.116. The molecule has 40 heavy (non-hydrogen) atoms. The first-order chi connectivity index (χ1) is 19.6.